The van der Waals surface area contributed by atoms with Crippen LogP contribution in [0.1, 0.15) is 24.0 Å². The van der Waals surface area contributed by atoms with Gasteiger partial charge in [0, 0.05) is 43.6 Å². The summed E-state index contributed by atoms with van der Waals surface area (Å²) in [4.78, 5) is 35.6. The molecule has 0 aliphatic carbocycles. The van der Waals surface area contributed by atoms with Gasteiger partial charge in [-0.05, 0) is 24.5 Å². The number of hydrogen-bond donors (Lipinski definition) is 2. The molecular formula is C29H32N7O3S+. The Morgan fingerprint density at radius 2 is 2.20 bits per heavy atom. The van der Waals surface area contributed by atoms with Gasteiger partial charge in [-0.1, -0.05) is 29.5 Å². The Hall–Kier alpha value is -3.80. The normalized spacial score (nSPS) is 20.1. The molecule has 10 nitrogen and oxygen atoms in total. The molecule has 1 aromatic carbocycles. The van der Waals surface area contributed by atoms with Crippen LogP contribution in [0.15, 0.2) is 54.3 Å². The van der Waals surface area contributed by atoms with Crippen molar-refractivity contribution in [3.63, 3.8) is 0 Å². The van der Waals surface area contributed by atoms with Gasteiger partial charge in [-0.25, -0.2) is 15.0 Å². The highest BCUT2D eigenvalue weighted by atomic mass is 32.1. The number of aromatic amines is 2. The predicted octanol–water partition coefficient (Wildman–Crippen LogP) is 3.23. The SMILES string of the molecule is COc1nc2ccccc2cc1-c1cnc(C2CN(CC3CCOC3)CCN2C(=O)Cc2c[n+]3ccsc3[nH]2)[nH]1. The molecule has 5 aromatic rings. The number of aromatic nitrogens is 5. The number of carbonyl (C=O) groups excluding carboxylic acids is 1. The number of rotatable bonds is 7. The Balaban J connectivity index is 1.18. The third kappa shape index (κ3) is 4.85. The summed E-state index contributed by atoms with van der Waals surface area (Å²) >= 11 is 1.62. The maximum atomic E-state index is 13.7. The third-order valence-corrected chi connectivity index (χ3v) is 8.74. The quantitative estimate of drug-likeness (QED) is 0.298. The van der Waals surface area contributed by atoms with Crippen molar-refractivity contribution in [1.29, 1.82) is 0 Å². The molecule has 2 aliphatic heterocycles. The van der Waals surface area contributed by atoms with Crippen molar-refractivity contribution in [3.05, 3.63) is 65.8 Å². The molecule has 0 bridgehead atoms. The lowest BCUT2D eigenvalue weighted by Gasteiger charge is -2.41. The number of hydrogen-bond acceptors (Lipinski definition) is 7. The zero-order valence-corrected chi connectivity index (χ0v) is 23.2. The van der Waals surface area contributed by atoms with Crippen molar-refractivity contribution in [1.82, 2.24) is 29.7 Å². The smallest absolute Gasteiger partial charge is 0.343 e. The van der Waals surface area contributed by atoms with Gasteiger partial charge in [0.05, 0.1) is 43.1 Å². The minimum absolute atomic E-state index is 0.0891. The Labute approximate surface area is 235 Å². The second kappa shape index (κ2) is 10.6. The number of fused-ring (bicyclic) bond motifs is 2. The van der Waals surface area contributed by atoms with Gasteiger partial charge in [-0.3, -0.25) is 9.69 Å². The van der Waals surface area contributed by atoms with Crippen molar-refractivity contribution >= 4 is 33.1 Å². The molecule has 1 amide bonds. The molecular weight excluding hydrogens is 526 g/mol. The van der Waals surface area contributed by atoms with Crippen molar-refractivity contribution in [2.45, 2.75) is 18.9 Å². The average molecular weight is 559 g/mol. The number of amides is 1. The van der Waals surface area contributed by atoms with Gasteiger partial charge in [-0.2, -0.15) is 4.40 Å². The van der Waals surface area contributed by atoms with E-state index in [1.165, 1.54) is 0 Å². The monoisotopic (exact) mass is 558 g/mol. The van der Waals surface area contributed by atoms with E-state index >= 15 is 0 Å². The van der Waals surface area contributed by atoms with Gasteiger partial charge in [0.25, 0.3) is 0 Å². The fourth-order valence-electron chi connectivity index (χ4n) is 5.90. The van der Waals surface area contributed by atoms with E-state index in [-0.39, 0.29) is 11.9 Å². The lowest BCUT2D eigenvalue weighted by Crippen LogP contribution is -2.52. The standard InChI is InChI=1S/C29H31N7O3S/c1-38-28-22(12-20-4-2-3-5-23(20)33-28)24-14-30-27(32-24)25-17-34(15-19-6-10-39-18-19)7-8-36(25)26(37)13-21-16-35-9-11-40-29(35)31-21/h2-5,9,11-12,14,16,19,25H,6-8,10,13,15,17-18H2,1H3,(H,30,32)/p+1. The third-order valence-electron chi connectivity index (χ3n) is 7.95. The molecule has 0 saturated carbocycles. The van der Waals surface area contributed by atoms with Gasteiger partial charge in [0.2, 0.25) is 11.8 Å². The maximum absolute atomic E-state index is 13.7. The van der Waals surface area contributed by atoms with Crippen LogP contribution in [0.2, 0.25) is 0 Å². The molecule has 0 radical (unpaired) electrons. The van der Waals surface area contributed by atoms with Gasteiger partial charge in [0.15, 0.2) is 5.69 Å². The van der Waals surface area contributed by atoms with E-state index in [1.807, 2.05) is 57.5 Å². The second-order valence-electron chi connectivity index (χ2n) is 10.6. The number of thiazole rings is 1. The molecule has 2 atom stereocenters. The zero-order chi connectivity index (χ0) is 27.1. The zero-order valence-electron chi connectivity index (χ0n) is 22.4. The van der Waals surface area contributed by atoms with E-state index in [9.17, 15) is 4.79 Å². The van der Waals surface area contributed by atoms with Crippen molar-refractivity contribution in [2.75, 3.05) is 46.5 Å². The first-order valence-electron chi connectivity index (χ1n) is 13.7. The maximum Gasteiger partial charge on any atom is 0.343 e. The van der Waals surface area contributed by atoms with E-state index in [2.05, 4.69) is 20.9 Å². The summed E-state index contributed by atoms with van der Waals surface area (Å²) in [5, 5.41) is 3.05. The average Bonchev–Trinajstić information content (AvgIpc) is 3.78. The molecule has 2 fully saturated rings. The molecule has 0 spiro atoms. The highest BCUT2D eigenvalue weighted by Crippen LogP contribution is 2.33. The summed E-state index contributed by atoms with van der Waals surface area (Å²) in [6, 6.07) is 9.86. The molecule has 2 saturated heterocycles. The van der Waals surface area contributed by atoms with Gasteiger partial charge in [-0.15, -0.1) is 0 Å². The van der Waals surface area contributed by atoms with Gasteiger partial charge in [0.1, 0.15) is 24.3 Å². The number of para-hydroxylation sites is 1. The number of benzene rings is 1. The Kier molecular flexibility index (Phi) is 6.70. The van der Waals surface area contributed by atoms with E-state index in [0.29, 0.717) is 24.8 Å². The van der Waals surface area contributed by atoms with E-state index in [0.717, 1.165) is 77.9 Å². The van der Waals surface area contributed by atoms with Gasteiger partial charge >= 0.3 is 4.96 Å². The topological polar surface area (TPSA) is 103 Å². The number of nitrogens with zero attached hydrogens (tertiary/aromatic N) is 5. The first-order valence-corrected chi connectivity index (χ1v) is 14.6. The molecule has 2 unspecified atom stereocenters. The van der Waals surface area contributed by atoms with Crippen LogP contribution in [0.4, 0.5) is 0 Å². The molecule has 4 aromatic heterocycles. The number of pyridine rings is 1. The molecule has 2 N–H and O–H groups in total. The summed E-state index contributed by atoms with van der Waals surface area (Å²) in [7, 11) is 1.63. The van der Waals surface area contributed by atoms with Crippen LogP contribution in [0, 0.1) is 5.92 Å². The second-order valence-corrected chi connectivity index (χ2v) is 11.5. The van der Waals surface area contributed by atoms with Crippen LogP contribution < -0.4 is 9.14 Å². The largest absolute Gasteiger partial charge is 0.480 e. The first-order chi connectivity index (χ1) is 19.6. The summed E-state index contributed by atoms with van der Waals surface area (Å²) in [5.41, 5.74) is 3.45. The van der Waals surface area contributed by atoms with Crippen LogP contribution >= 0.6 is 11.3 Å². The Morgan fingerprint density at radius 1 is 1.27 bits per heavy atom. The highest BCUT2D eigenvalue weighted by molar-refractivity contribution is 7.14. The summed E-state index contributed by atoms with van der Waals surface area (Å²) in [6.45, 7) is 4.82. The fourth-order valence-corrected chi connectivity index (χ4v) is 6.64. The summed E-state index contributed by atoms with van der Waals surface area (Å²) in [5.74, 6) is 1.93. The minimum atomic E-state index is -0.194. The number of carbonyl (C=O) groups is 1. The van der Waals surface area contributed by atoms with Crippen molar-refractivity contribution in [3.8, 4) is 17.1 Å². The molecule has 7 rings (SSSR count). The number of nitrogens with one attached hydrogen (secondary N) is 2. The predicted molar refractivity (Wildman–Crippen MR) is 151 cm³/mol. The van der Waals surface area contributed by atoms with E-state index in [4.69, 9.17) is 19.4 Å². The molecule has 40 heavy (non-hydrogen) atoms. The van der Waals surface area contributed by atoms with Crippen molar-refractivity contribution < 1.29 is 18.7 Å². The molecule has 206 valence electrons. The van der Waals surface area contributed by atoms with Crippen LogP contribution in [-0.2, 0) is 16.0 Å². The number of imidazole rings is 2. The first kappa shape index (κ1) is 25.2. The van der Waals surface area contributed by atoms with Crippen LogP contribution in [0.25, 0.3) is 27.1 Å². The highest BCUT2D eigenvalue weighted by Gasteiger charge is 2.35. The fraction of sp³-hybridized carbons (Fsp3) is 0.379. The molecule has 2 aliphatic rings. The summed E-state index contributed by atoms with van der Waals surface area (Å²) < 4.78 is 13.3. The Morgan fingerprint density at radius 3 is 3.05 bits per heavy atom. The number of methoxy groups -OCH3 is 1. The molecule has 11 heteroatoms. The minimum Gasteiger partial charge on any atom is -0.480 e. The lowest BCUT2D eigenvalue weighted by atomic mass is 10.1. The van der Waals surface area contributed by atoms with Crippen LogP contribution in [0.3, 0.4) is 0 Å². The van der Waals surface area contributed by atoms with Crippen molar-refractivity contribution in [2.24, 2.45) is 5.92 Å². The Bertz CT molecular complexity index is 1630. The number of ether oxygens (including phenoxy) is 2. The van der Waals surface area contributed by atoms with Gasteiger partial charge < -0.3 is 19.4 Å². The number of piperazine rings is 1. The van der Waals surface area contributed by atoms with E-state index < -0.39 is 0 Å². The van der Waals surface area contributed by atoms with E-state index in [1.54, 1.807) is 18.4 Å². The summed E-state index contributed by atoms with van der Waals surface area (Å²) in [6.07, 6.45) is 7.23. The molecule has 6 heterocycles. The van der Waals surface area contributed by atoms with Crippen LogP contribution in [0.5, 0.6) is 5.88 Å². The number of H-pyrrole nitrogens is 2. The van der Waals surface area contributed by atoms with Crippen LogP contribution in [-0.4, -0.2) is 82.1 Å². The lowest BCUT2D eigenvalue weighted by molar-refractivity contribution is -0.505.